The molecule has 2 aliphatic carbocycles. The average Bonchev–Trinajstić information content (AvgIpc) is 3.21. The number of nitrogens with zero attached hydrogens (tertiary/aromatic N) is 2. The van der Waals surface area contributed by atoms with Crippen molar-refractivity contribution in [3.63, 3.8) is 0 Å². The lowest BCUT2D eigenvalue weighted by Gasteiger charge is -2.64. The van der Waals surface area contributed by atoms with Crippen LogP contribution in [0.1, 0.15) is 41.5 Å². The van der Waals surface area contributed by atoms with Gasteiger partial charge in [0.05, 0.1) is 17.1 Å². The molecular weight excluding hydrogens is 452 g/mol. The Hall–Kier alpha value is -3.27. The predicted molar refractivity (Wildman–Crippen MR) is 137 cm³/mol. The van der Waals surface area contributed by atoms with Crippen molar-refractivity contribution in [1.82, 2.24) is 9.80 Å². The highest BCUT2D eigenvalue weighted by atomic mass is 16.5. The molecule has 36 heavy (non-hydrogen) atoms. The highest BCUT2D eigenvalue weighted by molar-refractivity contribution is 5.94. The van der Waals surface area contributed by atoms with E-state index in [4.69, 9.17) is 4.74 Å². The van der Waals surface area contributed by atoms with Gasteiger partial charge in [-0.2, -0.15) is 0 Å². The molecule has 6 rings (SSSR count). The molecule has 2 N–H and O–H groups in total. The minimum absolute atomic E-state index is 0.0681. The van der Waals surface area contributed by atoms with E-state index in [2.05, 4.69) is 23.3 Å². The molecular formula is C30H32N2O4. The maximum absolute atomic E-state index is 13.2. The molecule has 4 aliphatic rings. The molecule has 1 saturated carbocycles. The van der Waals surface area contributed by atoms with E-state index in [1.807, 2.05) is 43.3 Å². The fourth-order valence-corrected chi connectivity index (χ4v) is 7.47. The molecule has 6 heteroatoms. The van der Waals surface area contributed by atoms with Crippen LogP contribution in [0.3, 0.4) is 0 Å². The fourth-order valence-electron chi connectivity index (χ4n) is 7.47. The Morgan fingerprint density at radius 2 is 2.17 bits per heavy atom. The Balaban J connectivity index is 1.39. The van der Waals surface area contributed by atoms with E-state index < -0.39 is 17.1 Å². The zero-order chi connectivity index (χ0) is 25.2. The molecule has 2 fully saturated rings. The van der Waals surface area contributed by atoms with Gasteiger partial charge in [0.2, 0.25) is 0 Å². The van der Waals surface area contributed by atoms with Gasteiger partial charge >= 0.3 is 0 Å². The number of likely N-dealkylation sites (tertiary alicyclic amines) is 1. The first kappa shape index (κ1) is 23.1. The molecule has 6 nitrogen and oxygen atoms in total. The number of hydrogen-bond donors (Lipinski definition) is 2. The minimum atomic E-state index is -1.02. The van der Waals surface area contributed by atoms with Gasteiger partial charge in [0.25, 0.3) is 5.91 Å². The number of phenols is 1. The smallest absolute Gasteiger partial charge is 0.298 e. The third-order valence-electron chi connectivity index (χ3n) is 9.05. The first-order valence-electron chi connectivity index (χ1n) is 12.7. The van der Waals surface area contributed by atoms with Crippen molar-refractivity contribution < 1.29 is 19.7 Å². The van der Waals surface area contributed by atoms with Crippen LogP contribution < -0.4 is 4.74 Å². The van der Waals surface area contributed by atoms with Crippen molar-refractivity contribution in [3.05, 3.63) is 71.3 Å². The normalized spacial score (nSPS) is 31.5. The van der Waals surface area contributed by atoms with Crippen LogP contribution >= 0.6 is 0 Å². The van der Waals surface area contributed by atoms with Gasteiger partial charge in [-0.3, -0.25) is 9.69 Å². The summed E-state index contributed by atoms with van der Waals surface area (Å²) < 4.78 is 6.54. The van der Waals surface area contributed by atoms with E-state index in [1.54, 1.807) is 18.0 Å². The molecule has 1 amide bonds. The van der Waals surface area contributed by atoms with Crippen molar-refractivity contribution in [3.8, 4) is 23.3 Å². The Kier molecular flexibility index (Phi) is 5.22. The number of rotatable bonds is 3. The summed E-state index contributed by atoms with van der Waals surface area (Å²) in [4.78, 5) is 17.3. The zero-order valence-electron chi connectivity index (χ0n) is 20.8. The second kappa shape index (κ2) is 8.12. The number of likely N-dealkylation sites (N-methyl/N-ethyl adjacent to an activating group) is 1. The number of hydrogen-bond acceptors (Lipinski definition) is 5. The van der Waals surface area contributed by atoms with Crippen molar-refractivity contribution in [1.29, 1.82) is 0 Å². The lowest BCUT2D eigenvalue weighted by Crippen LogP contribution is -2.78. The molecule has 0 radical (unpaired) electrons. The highest BCUT2D eigenvalue weighted by Gasteiger charge is 2.73. The van der Waals surface area contributed by atoms with Crippen molar-refractivity contribution in [2.24, 2.45) is 0 Å². The first-order valence-corrected chi connectivity index (χ1v) is 12.7. The van der Waals surface area contributed by atoms with Crippen LogP contribution in [0.5, 0.6) is 11.5 Å². The van der Waals surface area contributed by atoms with E-state index in [9.17, 15) is 15.0 Å². The molecule has 2 aliphatic heterocycles. The van der Waals surface area contributed by atoms with E-state index >= 15 is 0 Å². The van der Waals surface area contributed by atoms with Crippen LogP contribution in [0.4, 0.5) is 0 Å². The van der Waals surface area contributed by atoms with Gasteiger partial charge in [-0.25, -0.2) is 0 Å². The van der Waals surface area contributed by atoms with Crippen LogP contribution in [0.25, 0.3) is 0 Å². The number of ether oxygens (including phenoxy) is 1. The van der Waals surface area contributed by atoms with Gasteiger partial charge in [-0.05, 0) is 68.5 Å². The molecule has 5 atom stereocenters. The molecule has 2 heterocycles. The molecule has 1 saturated heterocycles. The lowest BCUT2D eigenvalue weighted by atomic mass is 9.48. The van der Waals surface area contributed by atoms with Gasteiger partial charge in [-0.15, -0.1) is 6.58 Å². The summed E-state index contributed by atoms with van der Waals surface area (Å²) in [7, 11) is 1.78. The van der Waals surface area contributed by atoms with Crippen molar-refractivity contribution in [2.45, 2.75) is 61.8 Å². The highest BCUT2D eigenvalue weighted by Crippen LogP contribution is 2.65. The Morgan fingerprint density at radius 3 is 2.94 bits per heavy atom. The zero-order valence-corrected chi connectivity index (χ0v) is 20.8. The SMILES string of the molecule is C=CCN1CC[C@]23c4c5ccc(O)c4O[C@H]2[C@H](N(C)C(=O)C#Cc2cccc(C)c2)CC[C@@]3(O)[C@H]1C5. The fraction of sp³-hybridized carbons (Fsp3) is 0.433. The number of phenolic OH excluding ortho intramolecular Hbond substituents is 1. The number of carbonyl (C=O) groups excluding carboxylic acids is 1. The topological polar surface area (TPSA) is 73.2 Å². The second-order valence-electron chi connectivity index (χ2n) is 10.8. The number of piperidine rings is 1. The van der Waals surface area contributed by atoms with Crippen LogP contribution in [0.15, 0.2) is 49.1 Å². The summed E-state index contributed by atoms with van der Waals surface area (Å²) in [5.74, 6) is 6.11. The number of aryl methyl sites for hydroxylation is 1. The average molecular weight is 485 g/mol. The van der Waals surface area contributed by atoms with Crippen LogP contribution in [0.2, 0.25) is 0 Å². The molecule has 0 aromatic heterocycles. The standard InChI is InChI=1S/C30H32N2O4/c1-4-15-32-16-14-29-26-21-9-10-23(33)27(26)36-28(29)22(12-13-30(29,35)24(32)18-21)31(3)25(34)11-8-20-7-5-6-19(2)17-20/h4-7,9-10,17,22,24,28,33,35H,1,12-16,18H2,2-3H3/t22-,24-,28+,29+,30-/m1/s1. The Labute approximate surface area is 212 Å². The maximum atomic E-state index is 13.2. The molecule has 1 spiro atoms. The van der Waals surface area contributed by atoms with Crippen LogP contribution in [-0.4, -0.2) is 69.8 Å². The first-order chi connectivity index (χ1) is 17.3. The van der Waals surface area contributed by atoms with E-state index in [1.165, 1.54) is 0 Å². The maximum Gasteiger partial charge on any atom is 0.298 e. The summed E-state index contributed by atoms with van der Waals surface area (Å²) in [6.07, 6.45) is 3.98. The third kappa shape index (κ3) is 3.03. The second-order valence-corrected chi connectivity index (χ2v) is 10.8. The summed E-state index contributed by atoms with van der Waals surface area (Å²) in [5.41, 5.74) is 2.26. The predicted octanol–water partition coefficient (Wildman–Crippen LogP) is 2.92. The van der Waals surface area contributed by atoms with Crippen molar-refractivity contribution in [2.75, 3.05) is 20.1 Å². The molecule has 186 valence electrons. The monoisotopic (exact) mass is 484 g/mol. The summed E-state index contributed by atoms with van der Waals surface area (Å²) >= 11 is 0. The molecule has 2 aromatic carbocycles. The molecule has 2 bridgehead atoms. The number of benzene rings is 2. The van der Waals surface area contributed by atoms with E-state index in [0.29, 0.717) is 38.0 Å². The number of amides is 1. The largest absolute Gasteiger partial charge is 0.504 e. The number of aliphatic hydroxyl groups is 1. The van der Waals surface area contributed by atoms with Gasteiger partial charge < -0.3 is 19.8 Å². The number of carbonyl (C=O) groups is 1. The van der Waals surface area contributed by atoms with E-state index in [0.717, 1.165) is 28.8 Å². The third-order valence-corrected chi connectivity index (χ3v) is 9.05. The Morgan fingerprint density at radius 1 is 1.33 bits per heavy atom. The van der Waals surface area contributed by atoms with Gasteiger partial charge in [0.1, 0.15) is 6.10 Å². The van der Waals surface area contributed by atoms with E-state index in [-0.39, 0.29) is 23.7 Å². The van der Waals surface area contributed by atoms with Gasteiger partial charge in [-0.1, -0.05) is 30.2 Å². The summed E-state index contributed by atoms with van der Waals surface area (Å²) in [6.45, 7) is 7.44. The summed E-state index contributed by atoms with van der Waals surface area (Å²) in [5, 5.41) is 23.2. The van der Waals surface area contributed by atoms with Crippen LogP contribution in [0, 0.1) is 18.8 Å². The number of aromatic hydroxyl groups is 1. The van der Waals surface area contributed by atoms with Crippen LogP contribution in [-0.2, 0) is 16.6 Å². The van der Waals surface area contributed by atoms with Crippen molar-refractivity contribution >= 4 is 5.91 Å². The molecule has 2 aromatic rings. The quantitative estimate of drug-likeness (QED) is 0.518. The Bertz CT molecular complexity index is 1330. The molecule has 0 unspecified atom stereocenters. The van der Waals surface area contributed by atoms with Gasteiger partial charge in [0, 0.05) is 36.7 Å². The van der Waals surface area contributed by atoms with Gasteiger partial charge in [0.15, 0.2) is 11.5 Å². The summed E-state index contributed by atoms with van der Waals surface area (Å²) in [6, 6.07) is 11.1. The minimum Gasteiger partial charge on any atom is -0.504 e. The lowest BCUT2D eigenvalue weighted by molar-refractivity contribution is -0.197.